The molecule has 0 saturated carbocycles. The summed E-state index contributed by atoms with van der Waals surface area (Å²) in [5.74, 6) is 1.06. The Balaban J connectivity index is 1.58. The second-order valence-electron chi connectivity index (χ2n) is 10.6. The van der Waals surface area contributed by atoms with Crippen molar-refractivity contribution < 1.29 is 23.8 Å². The van der Waals surface area contributed by atoms with Gasteiger partial charge in [-0.1, -0.05) is 42.0 Å². The van der Waals surface area contributed by atoms with E-state index in [2.05, 4.69) is 28.8 Å². The minimum atomic E-state index is -0.500. The molecule has 1 aliphatic heterocycles. The van der Waals surface area contributed by atoms with Crippen molar-refractivity contribution in [3.05, 3.63) is 105 Å². The lowest BCUT2D eigenvalue weighted by molar-refractivity contribution is -0.116. The van der Waals surface area contributed by atoms with E-state index < -0.39 is 5.92 Å². The molecule has 0 spiro atoms. The molecule has 0 bridgehead atoms. The number of rotatable bonds is 7. The first-order valence-corrected chi connectivity index (χ1v) is 13.7. The Labute approximate surface area is 241 Å². The van der Waals surface area contributed by atoms with E-state index in [0.29, 0.717) is 46.9 Å². The molecule has 0 saturated heterocycles. The Kier molecular flexibility index (Phi) is 7.88. The van der Waals surface area contributed by atoms with Crippen LogP contribution >= 0.6 is 0 Å². The number of carbonyl (C=O) groups excluding carboxylic acids is 2. The van der Waals surface area contributed by atoms with Gasteiger partial charge in [-0.2, -0.15) is 0 Å². The molecule has 2 N–H and O–H groups in total. The molecule has 0 unspecified atom stereocenters. The van der Waals surface area contributed by atoms with Crippen LogP contribution in [-0.4, -0.2) is 33.0 Å². The number of benzene rings is 3. The number of methoxy groups -OCH3 is 3. The van der Waals surface area contributed by atoms with E-state index in [1.54, 1.807) is 33.5 Å². The van der Waals surface area contributed by atoms with Gasteiger partial charge < -0.3 is 24.8 Å². The van der Waals surface area contributed by atoms with Gasteiger partial charge in [0, 0.05) is 34.9 Å². The summed E-state index contributed by atoms with van der Waals surface area (Å²) in [5, 5.41) is 6.51. The molecule has 1 amide bonds. The molecule has 3 aromatic rings. The monoisotopic (exact) mass is 552 g/mol. The fraction of sp³-hybridized carbons (Fsp3) is 0.294. The molecular weight excluding hydrogens is 516 g/mol. The Hall–Kier alpha value is -4.52. The Morgan fingerprint density at radius 2 is 1.59 bits per heavy atom. The zero-order chi connectivity index (χ0) is 29.3. The molecule has 5 rings (SSSR count). The molecule has 0 fully saturated rings. The highest BCUT2D eigenvalue weighted by atomic mass is 16.5. The van der Waals surface area contributed by atoms with Gasteiger partial charge in [-0.3, -0.25) is 9.59 Å². The predicted molar refractivity (Wildman–Crippen MR) is 160 cm³/mol. The highest BCUT2D eigenvalue weighted by molar-refractivity contribution is 6.10. The summed E-state index contributed by atoms with van der Waals surface area (Å²) in [6.45, 7) is 5.96. The number of nitrogens with one attached hydrogen (secondary N) is 2. The molecule has 3 aromatic carbocycles. The number of anilines is 1. The lowest BCUT2D eigenvalue weighted by Gasteiger charge is -2.37. The van der Waals surface area contributed by atoms with Gasteiger partial charge in [0.1, 0.15) is 5.75 Å². The second kappa shape index (κ2) is 11.5. The van der Waals surface area contributed by atoms with Crippen LogP contribution in [-0.2, 0) is 9.59 Å². The van der Waals surface area contributed by atoms with Crippen molar-refractivity contribution in [1.82, 2.24) is 5.32 Å². The molecule has 0 aromatic heterocycles. The zero-order valence-corrected chi connectivity index (χ0v) is 24.4. The van der Waals surface area contributed by atoms with Crippen LogP contribution in [0, 0.1) is 13.8 Å². The van der Waals surface area contributed by atoms with Crippen molar-refractivity contribution in [2.45, 2.75) is 45.4 Å². The van der Waals surface area contributed by atoms with Crippen molar-refractivity contribution in [1.29, 1.82) is 0 Å². The van der Waals surface area contributed by atoms with Gasteiger partial charge in [0.2, 0.25) is 0 Å². The molecule has 7 nitrogen and oxygen atoms in total. The van der Waals surface area contributed by atoms with Gasteiger partial charge in [-0.15, -0.1) is 0 Å². The maximum Gasteiger partial charge on any atom is 0.254 e. The van der Waals surface area contributed by atoms with Crippen molar-refractivity contribution in [3.63, 3.8) is 0 Å². The van der Waals surface area contributed by atoms with Crippen molar-refractivity contribution >= 4 is 17.4 Å². The topological polar surface area (TPSA) is 85.9 Å². The third kappa shape index (κ3) is 5.32. The standard InChI is InChI=1S/C34H36N2O5/c1-19-11-12-20(2)24(15-19)32-31(34(38)36-25-9-7-8-10-28(25)39-4)21(3)35-26-16-23(17-27(37)33(26)32)22-13-14-29(40-5)30(18-22)41-6/h7-15,18,23,32,35H,16-17H2,1-6H3,(H,36,38)/t23-,32+/m1/s1. The Morgan fingerprint density at radius 1 is 0.854 bits per heavy atom. The SMILES string of the molecule is COc1ccccc1NC(=O)C1=C(C)NC2=C(C(=O)C[C@H](c3ccc(OC)c(OC)c3)C2)[C@H]1c1cc(C)ccc1C. The van der Waals surface area contributed by atoms with E-state index in [-0.39, 0.29) is 17.6 Å². The largest absolute Gasteiger partial charge is 0.495 e. The Morgan fingerprint density at radius 3 is 2.32 bits per heavy atom. The van der Waals surface area contributed by atoms with Crippen LogP contribution in [0.2, 0.25) is 0 Å². The van der Waals surface area contributed by atoms with Gasteiger partial charge in [-0.05, 0) is 74.1 Å². The predicted octanol–water partition coefficient (Wildman–Crippen LogP) is 6.33. The number of ether oxygens (including phenoxy) is 3. The van der Waals surface area contributed by atoms with Gasteiger partial charge in [0.15, 0.2) is 17.3 Å². The number of allylic oxidation sites excluding steroid dienone is 3. The van der Waals surface area contributed by atoms with Crippen LogP contribution in [0.3, 0.4) is 0 Å². The van der Waals surface area contributed by atoms with Gasteiger partial charge in [-0.25, -0.2) is 0 Å². The van der Waals surface area contributed by atoms with Gasteiger partial charge >= 0.3 is 0 Å². The fourth-order valence-corrected chi connectivity index (χ4v) is 6.00. The average Bonchev–Trinajstić information content (AvgIpc) is 2.97. The molecule has 2 atom stereocenters. The zero-order valence-electron chi connectivity index (χ0n) is 24.4. The quantitative estimate of drug-likeness (QED) is 0.356. The van der Waals surface area contributed by atoms with Crippen LogP contribution in [0.25, 0.3) is 0 Å². The third-order valence-electron chi connectivity index (χ3n) is 8.05. The summed E-state index contributed by atoms with van der Waals surface area (Å²) in [6, 6.07) is 19.3. The number of hydrogen-bond acceptors (Lipinski definition) is 6. The summed E-state index contributed by atoms with van der Waals surface area (Å²) in [6.07, 6.45) is 0.967. The van der Waals surface area contributed by atoms with Gasteiger partial charge in [0.05, 0.1) is 27.0 Å². The minimum Gasteiger partial charge on any atom is -0.495 e. The number of dihydropyridines is 1. The molecule has 41 heavy (non-hydrogen) atoms. The fourth-order valence-electron chi connectivity index (χ4n) is 6.00. The van der Waals surface area contributed by atoms with Crippen molar-refractivity contribution in [2.24, 2.45) is 0 Å². The highest BCUT2D eigenvalue weighted by Gasteiger charge is 2.41. The number of para-hydroxylation sites is 2. The van der Waals surface area contributed by atoms with Crippen LogP contribution < -0.4 is 24.8 Å². The molecular formula is C34H36N2O5. The third-order valence-corrected chi connectivity index (χ3v) is 8.05. The van der Waals surface area contributed by atoms with E-state index in [1.807, 2.05) is 51.1 Å². The van der Waals surface area contributed by atoms with Crippen LogP contribution in [0.5, 0.6) is 17.2 Å². The molecule has 0 radical (unpaired) electrons. The lowest BCUT2D eigenvalue weighted by atomic mass is 9.70. The number of ketones is 1. The average molecular weight is 553 g/mol. The van der Waals surface area contributed by atoms with Crippen LogP contribution in [0.4, 0.5) is 5.69 Å². The van der Waals surface area contributed by atoms with E-state index >= 15 is 0 Å². The van der Waals surface area contributed by atoms with E-state index in [9.17, 15) is 9.59 Å². The van der Waals surface area contributed by atoms with Crippen molar-refractivity contribution in [2.75, 3.05) is 26.6 Å². The normalized spacial score (nSPS) is 18.4. The second-order valence-corrected chi connectivity index (χ2v) is 10.6. The van der Waals surface area contributed by atoms with Gasteiger partial charge in [0.25, 0.3) is 5.91 Å². The van der Waals surface area contributed by atoms with E-state index in [1.165, 1.54) is 0 Å². The summed E-state index contributed by atoms with van der Waals surface area (Å²) >= 11 is 0. The highest BCUT2D eigenvalue weighted by Crippen LogP contribution is 2.47. The summed E-state index contributed by atoms with van der Waals surface area (Å²) in [7, 11) is 4.79. The maximum atomic E-state index is 14.1. The summed E-state index contributed by atoms with van der Waals surface area (Å²) in [5.41, 5.74) is 7.41. The maximum absolute atomic E-state index is 14.1. The number of hydrogen-bond donors (Lipinski definition) is 2. The molecule has 1 aliphatic carbocycles. The molecule has 1 heterocycles. The number of Topliss-reactive ketones (excluding diaryl/α,β-unsaturated/α-hetero) is 1. The minimum absolute atomic E-state index is 0.0273. The summed E-state index contributed by atoms with van der Waals surface area (Å²) in [4.78, 5) is 28.1. The van der Waals surface area contributed by atoms with Crippen LogP contribution in [0.1, 0.15) is 53.9 Å². The molecule has 7 heteroatoms. The molecule has 212 valence electrons. The lowest BCUT2D eigenvalue weighted by Crippen LogP contribution is -2.37. The first-order valence-electron chi connectivity index (χ1n) is 13.7. The Bertz CT molecular complexity index is 1590. The first-order chi connectivity index (χ1) is 19.7. The number of amides is 1. The van der Waals surface area contributed by atoms with Crippen molar-refractivity contribution in [3.8, 4) is 17.2 Å². The van der Waals surface area contributed by atoms with E-state index in [4.69, 9.17) is 14.2 Å². The smallest absolute Gasteiger partial charge is 0.254 e. The van der Waals surface area contributed by atoms with Crippen LogP contribution in [0.15, 0.2) is 83.2 Å². The first kappa shape index (κ1) is 28.0. The summed E-state index contributed by atoms with van der Waals surface area (Å²) < 4.78 is 16.4. The van der Waals surface area contributed by atoms with E-state index in [0.717, 1.165) is 33.6 Å². The number of aryl methyl sites for hydroxylation is 2. The number of carbonyl (C=O) groups is 2. The molecule has 2 aliphatic rings.